The Balaban J connectivity index is 1.66. The number of nitrogens with one attached hydrogen (secondary N) is 2. The fourth-order valence-electron chi connectivity index (χ4n) is 3.26. The molecule has 1 amide bonds. The first kappa shape index (κ1) is 19.6. The van der Waals surface area contributed by atoms with Crippen molar-refractivity contribution in [3.8, 4) is 0 Å². The van der Waals surface area contributed by atoms with Crippen LogP contribution in [0.2, 0.25) is 0 Å². The van der Waals surface area contributed by atoms with Gasteiger partial charge in [0.05, 0.1) is 11.4 Å². The number of nitrogens with two attached hydrogens (primary N) is 1. The van der Waals surface area contributed by atoms with Gasteiger partial charge in [0.25, 0.3) is 5.91 Å². The number of primary amides is 1. The van der Waals surface area contributed by atoms with E-state index in [1.165, 1.54) is 24.3 Å². The van der Waals surface area contributed by atoms with Gasteiger partial charge in [0, 0.05) is 13.1 Å². The zero-order valence-electron chi connectivity index (χ0n) is 16.1. The molecule has 0 saturated heterocycles. The highest BCUT2D eigenvalue weighted by atomic mass is 19.1. The molecular formula is C20H19F2N7O. The zero-order valence-corrected chi connectivity index (χ0v) is 16.1. The van der Waals surface area contributed by atoms with Crippen molar-refractivity contribution in [3.05, 3.63) is 64.9 Å². The van der Waals surface area contributed by atoms with Crippen LogP contribution in [0.15, 0.2) is 36.4 Å². The van der Waals surface area contributed by atoms with Crippen LogP contribution in [0.5, 0.6) is 0 Å². The number of nitrogens with zero attached hydrogens (tertiary/aromatic N) is 4. The molecule has 0 unspecified atom stereocenters. The van der Waals surface area contributed by atoms with E-state index in [0.29, 0.717) is 6.54 Å². The molecule has 10 heteroatoms. The van der Waals surface area contributed by atoms with Crippen LogP contribution in [0.4, 0.5) is 31.9 Å². The highest BCUT2D eigenvalue weighted by Gasteiger charge is 2.19. The number of hydrogen-bond donors (Lipinski definition) is 3. The van der Waals surface area contributed by atoms with Gasteiger partial charge in [0.15, 0.2) is 11.5 Å². The molecule has 0 bridgehead atoms. The summed E-state index contributed by atoms with van der Waals surface area (Å²) in [6.07, 6.45) is 0.769. The SMILES string of the molecule is CN1CCc2cc(F)c(Nc3nnc(C(N)=O)c(Nc4ccccc4F)n3)cc2C1. The van der Waals surface area contributed by atoms with Gasteiger partial charge in [-0.3, -0.25) is 4.79 Å². The normalized spacial score (nSPS) is 13.6. The zero-order chi connectivity index (χ0) is 21.3. The standard InChI is InChI=1S/C20H19F2N7O/c1-29-7-6-11-8-14(22)16(9-12(11)10-29)25-20-26-19(17(18(23)30)27-28-20)24-15-5-3-2-4-13(15)21/h2-5,8-9H,6-7,10H2,1H3,(H2,23,30)(H2,24,25,26,28). The van der Waals surface area contributed by atoms with E-state index in [-0.39, 0.29) is 28.8 Å². The van der Waals surface area contributed by atoms with Crippen LogP contribution in [-0.2, 0) is 13.0 Å². The van der Waals surface area contributed by atoms with Crippen LogP contribution < -0.4 is 16.4 Å². The lowest BCUT2D eigenvalue weighted by Crippen LogP contribution is -2.26. The van der Waals surface area contributed by atoms with E-state index in [1.54, 1.807) is 12.1 Å². The first-order chi connectivity index (χ1) is 14.4. The predicted octanol–water partition coefficient (Wildman–Crippen LogP) is 2.72. The summed E-state index contributed by atoms with van der Waals surface area (Å²) in [5.41, 5.74) is 7.27. The maximum absolute atomic E-state index is 14.6. The fraction of sp³-hybridized carbons (Fsp3) is 0.200. The third-order valence-corrected chi connectivity index (χ3v) is 4.79. The largest absolute Gasteiger partial charge is 0.364 e. The average molecular weight is 411 g/mol. The maximum atomic E-state index is 14.6. The van der Waals surface area contributed by atoms with E-state index >= 15 is 0 Å². The third kappa shape index (κ3) is 4.03. The summed E-state index contributed by atoms with van der Waals surface area (Å²) in [6.45, 7) is 1.57. The Hall–Kier alpha value is -3.66. The molecule has 2 aromatic carbocycles. The Morgan fingerprint density at radius 1 is 1.07 bits per heavy atom. The lowest BCUT2D eigenvalue weighted by atomic mass is 9.99. The lowest BCUT2D eigenvalue weighted by Gasteiger charge is -2.25. The van der Waals surface area contributed by atoms with Gasteiger partial charge >= 0.3 is 0 Å². The van der Waals surface area contributed by atoms with Crippen LogP contribution in [0, 0.1) is 11.6 Å². The molecule has 0 atom stereocenters. The third-order valence-electron chi connectivity index (χ3n) is 4.79. The van der Waals surface area contributed by atoms with Crippen molar-refractivity contribution < 1.29 is 13.6 Å². The molecule has 1 aliphatic rings. The smallest absolute Gasteiger partial charge is 0.273 e. The Bertz CT molecular complexity index is 1120. The summed E-state index contributed by atoms with van der Waals surface area (Å²) >= 11 is 0. The van der Waals surface area contributed by atoms with E-state index in [9.17, 15) is 13.6 Å². The molecule has 3 aromatic rings. The Morgan fingerprint density at radius 2 is 1.87 bits per heavy atom. The minimum Gasteiger partial charge on any atom is -0.364 e. The Labute approximate surface area is 171 Å². The second-order valence-corrected chi connectivity index (χ2v) is 7.02. The summed E-state index contributed by atoms with van der Waals surface area (Å²) in [7, 11) is 2.00. The molecule has 0 spiro atoms. The van der Waals surface area contributed by atoms with E-state index in [4.69, 9.17) is 5.73 Å². The quantitative estimate of drug-likeness (QED) is 0.592. The van der Waals surface area contributed by atoms with Crippen molar-refractivity contribution in [3.63, 3.8) is 0 Å². The summed E-state index contributed by atoms with van der Waals surface area (Å²) < 4.78 is 28.6. The van der Waals surface area contributed by atoms with Gasteiger partial charge in [-0.25, -0.2) is 8.78 Å². The Morgan fingerprint density at radius 3 is 2.63 bits per heavy atom. The lowest BCUT2D eigenvalue weighted by molar-refractivity contribution is 0.0995. The summed E-state index contributed by atoms with van der Waals surface area (Å²) in [4.78, 5) is 18.0. The summed E-state index contributed by atoms with van der Waals surface area (Å²) in [5.74, 6) is -2.05. The Kier molecular flexibility index (Phi) is 5.23. The summed E-state index contributed by atoms with van der Waals surface area (Å²) in [5, 5.41) is 13.0. The molecule has 8 nitrogen and oxygen atoms in total. The number of anilines is 4. The van der Waals surface area contributed by atoms with E-state index in [2.05, 4.69) is 30.7 Å². The molecule has 30 heavy (non-hydrogen) atoms. The number of benzene rings is 2. The topological polar surface area (TPSA) is 109 Å². The van der Waals surface area contributed by atoms with E-state index in [1.807, 2.05) is 7.05 Å². The number of fused-ring (bicyclic) bond motifs is 1. The number of carbonyl (C=O) groups excluding carboxylic acids is 1. The van der Waals surface area contributed by atoms with Crippen LogP contribution in [-0.4, -0.2) is 39.6 Å². The number of carbonyl (C=O) groups is 1. The first-order valence-corrected chi connectivity index (χ1v) is 9.23. The molecule has 0 aliphatic carbocycles. The number of likely N-dealkylation sites (N-methyl/N-ethyl adjacent to an activating group) is 1. The number of halogens is 2. The highest BCUT2D eigenvalue weighted by molar-refractivity contribution is 5.96. The second-order valence-electron chi connectivity index (χ2n) is 7.02. The van der Waals surface area contributed by atoms with Gasteiger partial charge in [-0.2, -0.15) is 4.98 Å². The molecule has 0 fully saturated rings. The first-order valence-electron chi connectivity index (χ1n) is 9.23. The summed E-state index contributed by atoms with van der Waals surface area (Å²) in [6, 6.07) is 9.05. The van der Waals surface area contributed by atoms with Crippen LogP contribution in [0.3, 0.4) is 0 Å². The van der Waals surface area contributed by atoms with Crippen molar-refractivity contribution in [2.45, 2.75) is 13.0 Å². The molecule has 1 aliphatic heterocycles. The highest BCUT2D eigenvalue weighted by Crippen LogP contribution is 2.27. The molecule has 4 rings (SSSR count). The van der Waals surface area contributed by atoms with Crippen LogP contribution in [0.1, 0.15) is 21.6 Å². The van der Waals surface area contributed by atoms with Crippen molar-refractivity contribution in [1.29, 1.82) is 0 Å². The van der Waals surface area contributed by atoms with Crippen LogP contribution in [0.25, 0.3) is 0 Å². The van der Waals surface area contributed by atoms with Gasteiger partial charge in [-0.15, -0.1) is 10.2 Å². The van der Waals surface area contributed by atoms with Gasteiger partial charge in [0.2, 0.25) is 5.95 Å². The van der Waals surface area contributed by atoms with Crippen molar-refractivity contribution >= 4 is 29.0 Å². The van der Waals surface area contributed by atoms with Crippen molar-refractivity contribution in [1.82, 2.24) is 20.1 Å². The van der Waals surface area contributed by atoms with Gasteiger partial charge in [0.1, 0.15) is 11.6 Å². The van der Waals surface area contributed by atoms with E-state index < -0.39 is 17.5 Å². The number of rotatable bonds is 5. The number of hydrogen-bond acceptors (Lipinski definition) is 7. The van der Waals surface area contributed by atoms with Gasteiger partial charge in [-0.05, 0) is 48.9 Å². The molecular weight excluding hydrogens is 392 g/mol. The monoisotopic (exact) mass is 411 g/mol. The molecule has 154 valence electrons. The van der Waals surface area contributed by atoms with Crippen LogP contribution >= 0.6 is 0 Å². The number of para-hydroxylation sites is 1. The molecule has 0 saturated carbocycles. The molecule has 2 heterocycles. The molecule has 1 aromatic heterocycles. The van der Waals surface area contributed by atoms with Gasteiger partial charge < -0.3 is 21.3 Å². The fourth-order valence-corrected chi connectivity index (χ4v) is 3.26. The number of amides is 1. The molecule has 0 radical (unpaired) electrons. The second kappa shape index (κ2) is 7.99. The molecule has 4 N–H and O–H groups in total. The number of aromatic nitrogens is 3. The van der Waals surface area contributed by atoms with Crippen molar-refractivity contribution in [2.75, 3.05) is 24.2 Å². The minimum atomic E-state index is -0.886. The average Bonchev–Trinajstić information content (AvgIpc) is 2.70. The minimum absolute atomic E-state index is 0.0677. The van der Waals surface area contributed by atoms with Gasteiger partial charge in [-0.1, -0.05) is 12.1 Å². The van der Waals surface area contributed by atoms with E-state index in [0.717, 1.165) is 24.1 Å². The predicted molar refractivity (Wildman–Crippen MR) is 108 cm³/mol. The maximum Gasteiger partial charge on any atom is 0.273 e. The van der Waals surface area contributed by atoms with Crippen molar-refractivity contribution in [2.24, 2.45) is 5.73 Å².